The molecule has 4 aliphatic carbocycles. The van der Waals surface area contributed by atoms with Crippen molar-refractivity contribution in [2.24, 2.45) is 17.3 Å². The van der Waals surface area contributed by atoms with Gasteiger partial charge in [0.1, 0.15) is 6.04 Å². The lowest BCUT2D eigenvalue weighted by atomic mass is 9.43. The predicted octanol–water partition coefficient (Wildman–Crippen LogP) is 5.83. The average molecular weight is 605 g/mol. The number of rotatable bonds is 9. The van der Waals surface area contributed by atoms with Crippen molar-refractivity contribution in [3.63, 3.8) is 0 Å². The first kappa shape index (κ1) is 30.3. The highest BCUT2D eigenvalue weighted by Crippen LogP contribution is 2.65. The summed E-state index contributed by atoms with van der Waals surface area (Å²) in [6.45, 7) is 6.92. The normalized spacial score (nSPS) is 29.0. The van der Waals surface area contributed by atoms with Crippen LogP contribution in [0.25, 0.3) is 0 Å². The molecule has 45 heavy (non-hydrogen) atoms. The summed E-state index contributed by atoms with van der Waals surface area (Å²) in [5.41, 5.74) is 4.24. The largest absolute Gasteiger partial charge is 0.482 e. The van der Waals surface area contributed by atoms with E-state index >= 15 is 0 Å². The van der Waals surface area contributed by atoms with Crippen LogP contribution >= 0.6 is 0 Å². The van der Waals surface area contributed by atoms with Gasteiger partial charge in [-0.15, -0.1) is 0 Å². The van der Waals surface area contributed by atoms with E-state index in [9.17, 15) is 9.59 Å². The van der Waals surface area contributed by atoms with Crippen molar-refractivity contribution in [2.75, 3.05) is 0 Å². The third kappa shape index (κ3) is 5.74. The third-order valence-electron chi connectivity index (χ3n) is 11.5. The Hall–Kier alpha value is -3.42. The van der Waals surface area contributed by atoms with Crippen LogP contribution in [0.2, 0.25) is 0 Å². The highest BCUT2D eigenvalue weighted by Gasteiger charge is 2.68. The van der Waals surface area contributed by atoms with Crippen molar-refractivity contribution in [3.05, 3.63) is 107 Å². The van der Waals surface area contributed by atoms with E-state index in [-0.39, 0.29) is 34.9 Å². The van der Waals surface area contributed by atoms with E-state index in [1.165, 1.54) is 12.0 Å². The summed E-state index contributed by atoms with van der Waals surface area (Å²) in [5, 5.41) is 6.51. The average Bonchev–Trinajstić information content (AvgIpc) is 3.42. The van der Waals surface area contributed by atoms with Gasteiger partial charge in [-0.05, 0) is 85.0 Å². The molecule has 7 atom stereocenters. The Morgan fingerprint density at radius 3 is 2.24 bits per heavy atom. The van der Waals surface area contributed by atoms with Crippen molar-refractivity contribution in [1.82, 2.24) is 10.6 Å². The van der Waals surface area contributed by atoms with Crippen LogP contribution in [0.4, 0.5) is 0 Å². The number of fused-ring (bicyclic) bond motifs is 1. The van der Waals surface area contributed by atoms with Gasteiger partial charge in [-0.1, -0.05) is 98.8 Å². The summed E-state index contributed by atoms with van der Waals surface area (Å²) in [7, 11) is -0.572. The lowest BCUT2D eigenvalue weighted by molar-refractivity contribution is -0.199. The van der Waals surface area contributed by atoms with Gasteiger partial charge in [0.2, 0.25) is 11.8 Å². The van der Waals surface area contributed by atoms with Gasteiger partial charge in [0.15, 0.2) is 0 Å². The van der Waals surface area contributed by atoms with E-state index in [4.69, 9.17) is 9.31 Å². The number of aryl methyl sites for hydroxylation is 1. The lowest BCUT2D eigenvalue weighted by Gasteiger charge is -2.64. The summed E-state index contributed by atoms with van der Waals surface area (Å²) >= 11 is 0. The molecule has 2 unspecified atom stereocenters. The van der Waals surface area contributed by atoms with Crippen LogP contribution in [0.15, 0.2) is 84.9 Å². The molecule has 5 aliphatic rings. The van der Waals surface area contributed by atoms with Crippen molar-refractivity contribution in [1.29, 1.82) is 0 Å². The number of carbonyl (C=O) groups is 2. The standard InChI is InChI=1S/C38H45BN2O4/c1-37(2)28-23-32(37)38(3)33(24-28)44-39(45-38)34(22-26-15-8-5-9-16-26)41-36(43)31(21-25-13-6-4-7-14-25)40-35(42)30-20-12-18-27-17-10-11-19-29(27)30/h4-11,13-17,19,28,30-34H,12,18,20-24H2,1-3H3,(H,40,42)(H,41,43)/t28?,30-,31-,32?,33+,34-,38+/m0/s1. The van der Waals surface area contributed by atoms with Crippen molar-refractivity contribution in [2.45, 2.75) is 95.3 Å². The smallest absolute Gasteiger partial charge is 0.404 e. The molecule has 8 rings (SSSR count). The maximum Gasteiger partial charge on any atom is 0.482 e. The van der Waals surface area contributed by atoms with E-state index < -0.39 is 19.1 Å². The molecule has 1 aliphatic heterocycles. The number of benzene rings is 3. The molecule has 3 saturated carbocycles. The second-order valence-corrected chi connectivity index (χ2v) is 14.5. The third-order valence-corrected chi connectivity index (χ3v) is 11.5. The van der Waals surface area contributed by atoms with Crippen LogP contribution in [-0.4, -0.2) is 42.6 Å². The molecular weight excluding hydrogens is 559 g/mol. The first-order chi connectivity index (χ1) is 21.7. The van der Waals surface area contributed by atoms with Crippen molar-refractivity contribution < 1.29 is 18.9 Å². The SMILES string of the molecule is CC1(C)C2CC1[C@@]1(C)OB([C@H](Cc3ccccc3)NC(=O)[C@H](Cc3ccccc3)NC(=O)[C@H]3CCCc4ccccc43)O[C@@H]1C2. The first-order valence-corrected chi connectivity index (χ1v) is 16.8. The molecule has 2 amide bonds. The van der Waals surface area contributed by atoms with E-state index in [1.807, 2.05) is 60.7 Å². The second-order valence-electron chi connectivity index (χ2n) is 14.5. The zero-order chi connectivity index (χ0) is 31.2. The minimum absolute atomic E-state index is 0.0145. The fourth-order valence-electron chi connectivity index (χ4n) is 8.80. The van der Waals surface area contributed by atoms with Gasteiger partial charge in [-0.3, -0.25) is 9.59 Å². The summed E-state index contributed by atoms with van der Waals surface area (Å²) < 4.78 is 13.5. The molecular formula is C38H45BN2O4. The Bertz CT molecular complexity index is 1530. The summed E-state index contributed by atoms with van der Waals surface area (Å²) in [4.78, 5) is 28.2. The van der Waals surface area contributed by atoms with Crippen LogP contribution in [0, 0.1) is 17.3 Å². The van der Waals surface area contributed by atoms with Gasteiger partial charge >= 0.3 is 7.12 Å². The van der Waals surface area contributed by atoms with Gasteiger partial charge in [0.05, 0.1) is 23.6 Å². The van der Waals surface area contributed by atoms with Crippen molar-refractivity contribution in [3.8, 4) is 0 Å². The molecule has 0 aromatic heterocycles. The molecule has 2 N–H and O–H groups in total. The minimum Gasteiger partial charge on any atom is -0.404 e. The molecule has 3 aromatic carbocycles. The zero-order valence-electron chi connectivity index (χ0n) is 26.7. The summed E-state index contributed by atoms with van der Waals surface area (Å²) in [6, 6.07) is 27.6. The number of nitrogens with one attached hydrogen (secondary N) is 2. The molecule has 3 aromatic rings. The second kappa shape index (κ2) is 12.1. The van der Waals surface area contributed by atoms with Gasteiger partial charge in [-0.2, -0.15) is 0 Å². The van der Waals surface area contributed by atoms with Crippen LogP contribution in [0.1, 0.15) is 74.6 Å². The molecule has 2 bridgehead atoms. The molecule has 234 valence electrons. The zero-order valence-corrected chi connectivity index (χ0v) is 26.7. The van der Waals surface area contributed by atoms with E-state index in [0.29, 0.717) is 24.7 Å². The Morgan fingerprint density at radius 1 is 0.867 bits per heavy atom. The fraction of sp³-hybridized carbons (Fsp3) is 0.474. The highest BCUT2D eigenvalue weighted by molar-refractivity contribution is 6.48. The molecule has 1 heterocycles. The fourth-order valence-corrected chi connectivity index (χ4v) is 8.80. The van der Waals surface area contributed by atoms with E-state index in [2.05, 4.69) is 55.7 Å². The summed E-state index contributed by atoms with van der Waals surface area (Å²) in [5.74, 6) is 0.0883. The number of amides is 2. The Balaban J connectivity index is 1.14. The molecule has 0 spiro atoms. The van der Waals surface area contributed by atoms with E-state index in [0.717, 1.165) is 42.4 Å². The van der Waals surface area contributed by atoms with Gasteiger partial charge in [0, 0.05) is 6.42 Å². The van der Waals surface area contributed by atoms with Crippen LogP contribution in [-0.2, 0) is 38.2 Å². The topological polar surface area (TPSA) is 76.7 Å². The van der Waals surface area contributed by atoms with Gasteiger partial charge in [0.25, 0.3) is 0 Å². The van der Waals surface area contributed by atoms with Crippen LogP contribution in [0.3, 0.4) is 0 Å². The number of carbonyl (C=O) groups excluding carboxylic acids is 2. The summed E-state index contributed by atoms with van der Waals surface area (Å²) in [6.07, 6.45) is 5.85. The maximum absolute atomic E-state index is 14.3. The maximum atomic E-state index is 14.3. The Labute approximate surface area is 267 Å². The van der Waals surface area contributed by atoms with Crippen LogP contribution in [0.5, 0.6) is 0 Å². The van der Waals surface area contributed by atoms with E-state index in [1.54, 1.807) is 0 Å². The molecule has 4 fully saturated rings. The van der Waals surface area contributed by atoms with Gasteiger partial charge in [-0.25, -0.2) is 0 Å². The first-order valence-electron chi connectivity index (χ1n) is 16.8. The quantitative estimate of drug-likeness (QED) is 0.302. The molecule has 7 heteroatoms. The Morgan fingerprint density at radius 2 is 1.53 bits per heavy atom. The lowest BCUT2D eigenvalue weighted by Crippen LogP contribution is -2.65. The number of hydrogen-bond acceptors (Lipinski definition) is 4. The monoisotopic (exact) mass is 604 g/mol. The van der Waals surface area contributed by atoms with Crippen LogP contribution < -0.4 is 10.6 Å². The minimum atomic E-state index is -0.738. The molecule has 0 radical (unpaired) electrons. The number of hydrogen-bond donors (Lipinski definition) is 2. The highest BCUT2D eigenvalue weighted by atomic mass is 16.7. The van der Waals surface area contributed by atoms with Crippen molar-refractivity contribution >= 4 is 18.9 Å². The molecule has 1 saturated heterocycles. The van der Waals surface area contributed by atoms with Gasteiger partial charge < -0.3 is 19.9 Å². The molecule has 6 nitrogen and oxygen atoms in total. The Kier molecular flexibility index (Phi) is 8.11. The predicted molar refractivity (Wildman–Crippen MR) is 176 cm³/mol.